The molecule has 0 radical (unpaired) electrons. The van der Waals surface area contributed by atoms with Crippen LogP contribution in [0, 0.1) is 0 Å². The lowest BCUT2D eigenvalue weighted by molar-refractivity contribution is -0.131. The van der Waals surface area contributed by atoms with E-state index in [-0.39, 0.29) is 5.91 Å². The maximum Gasteiger partial charge on any atom is 0.243 e. The van der Waals surface area contributed by atoms with Crippen molar-refractivity contribution in [1.82, 2.24) is 14.5 Å². The number of nitrogens with zero attached hydrogens (tertiary/aromatic N) is 2. The summed E-state index contributed by atoms with van der Waals surface area (Å²) in [5.41, 5.74) is 0.976. The molecule has 7 nitrogen and oxygen atoms in total. The number of amides is 1. The van der Waals surface area contributed by atoms with Gasteiger partial charge in [-0.25, -0.2) is 8.42 Å². The number of nitrogens with one attached hydrogen (secondary N) is 1. The molecular formula is C17H25N3O4S. The molecule has 0 unspecified atom stereocenters. The van der Waals surface area contributed by atoms with Crippen molar-refractivity contribution in [2.45, 2.75) is 17.7 Å². The van der Waals surface area contributed by atoms with E-state index in [0.29, 0.717) is 44.0 Å². The first-order chi connectivity index (χ1) is 12.1. The Hall–Kier alpha value is -1.48. The summed E-state index contributed by atoms with van der Waals surface area (Å²) < 4.78 is 31.8. The number of hydrogen-bond acceptors (Lipinski definition) is 5. The fourth-order valence-corrected chi connectivity index (χ4v) is 4.50. The number of benzene rings is 1. The summed E-state index contributed by atoms with van der Waals surface area (Å²) in [6.07, 6.45) is 1.08. The molecule has 2 aliphatic heterocycles. The Labute approximate surface area is 149 Å². The third kappa shape index (κ3) is 4.58. The molecule has 1 amide bonds. The highest BCUT2D eigenvalue weighted by Crippen LogP contribution is 2.18. The summed E-state index contributed by atoms with van der Waals surface area (Å²) in [5, 5.41) is 3.23. The average molecular weight is 367 g/mol. The minimum atomic E-state index is -3.46. The van der Waals surface area contributed by atoms with Crippen LogP contribution in [0.5, 0.6) is 0 Å². The van der Waals surface area contributed by atoms with Crippen LogP contribution in [-0.4, -0.2) is 76.0 Å². The van der Waals surface area contributed by atoms with Crippen LogP contribution in [0.15, 0.2) is 29.2 Å². The van der Waals surface area contributed by atoms with E-state index < -0.39 is 10.0 Å². The van der Waals surface area contributed by atoms with Crippen LogP contribution < -0.4 is 5.32 Å². The summed E-state index contributed by atoms with van der Waals surface area (Å²) >= 11 is 0. The summed E-state index contributed by atoms with van der Waals surface area (Å²) in [5.74, 6) is 0.159. The normalized spacial score (nSPS) is 19.8. The van der Waals surface area contributed by atoms with Crippen LogP contribution in [0.1, 0.15) is 12.0 Å². The van der Waals surface area contributed by atoms with Gasteiger partial charge in [0, 0.05) is 45.7 Å². The molecule has 2 fully saturated rings. The minimum Gasteiger partial charge on any atom is -0.379 e. The topological polar surface area (TPSA) is 79.0 Å². The number of carbonyl (C=O) groups excluding carboxylic acids is 1. The number of sulfonamides is 1. The van der Waals surface area contributed by atoms with Crippen LogP contribution in [0.2, 0.25) is 0 Å². The Morgan fingerprint density at radius 2 is 1.68 bits per heavy atom. The lowest BCUT2D eigenvalue weighted by Gasteiger charge is -2.27. The van der Waals surface area contributed by atoms with E-state index in [1.54, 1.807) is 24.3 Å². The van der Waals surface area contributed by atoms with Gasteiger partial charge in [0.2, 0.25) is 15.9 Å². The molecule has 3 rings (SSSR count). The van der Waals surface area contributed by atoms with Crippen molar-refractivity contribution in [2.75, 3.05) is 52.5 Å². The second-order valence-electron chi connectivity index (χ2n) is 6.29. The highest BCUT2D eigenvalue weighted by Gasteiger charge is 2.26. The molecule has 0 aliphatic carbocycles. The molecule has 2 saturated heterocycles. The van der Waals surface area contributed by atoms with Gasteiger partial charge in [-0.3, -0.25) is 4.79 Å². The predicted molar refractivity (Wildman–Crippen MR) is 93.8 cm³/mol. The molecule has 0 spiro atoms. The Balaban J connectivity index is 1.57. The molecular weight excluding hydrogens is 342 g/mol. The number of aryl methyl sites for hydroxylation is 1. The van der Waals surface area contributed by atoms with Gasteiger partial charge in [-0.15, -0.1) is 0 Å². The van der Waals surface area contributed by atoms with Gasteiger partial charge in [-0.2, -0.15) is 4.31 Å². The lowest BCUT2D eigenvalue weighted by atomic mass is 10.1. The van der Waals surface area contributed by atoms with E-state index in [1.807, 2.05) is 4.90 Å². The molecule has 8 heteroatoms. The van der Waals surface area contributed by atoms with E-state index >= 15 is 0 Å². The third-order valence-electron chi connectivity index (χ3n) is 4.63. The fourth-order valence-electron chi connectivity index (χ4n) is 3.09. The van der Waals surface area contributed by atoms with Crippen molar-refractivity contribution in [2.24, 2.45) is 0 Å². The largest absolute Gasteiger partial charge is 0.379 e. The van der Waals surface area contributed by atoms with Gasteiger partial charge in [0.1, 0.15) is 0 Å². The van der Waals surface area contributed by atoms with E-state index in [1.165, 1.54) is 4.31 Å². The summed E-state index contributed by atoms with van der Waals surface area (Å²) in [7, 11) is -3.46. The van der Waals surface area contributed by atoms with Gasteiger partial charge in [-0.05, 0) is 24.1 Å². The molecule has 0 bridgehead atoms. The Morgan fingerprint density at radius 3 is 2.32 bits per heavy atom. The molecule has 1 aromatic carbocycles. The van der Waals surface area contributed by atoms with Crippen LogP contribution in [0.25, 0.3) is 0 Å². The van der Waals surface area contributed by atoms with Gasteiger partial charge >= 0.3 is 0 Å². The first kappa shape index (κ1) is 18.3. The second-order valence-corrected chi connectivity index (χ2v) is 8.23. The van der Waals surface area contributed by atoms with Crippen LogP contribution in [-0.2, 0) is 26.0 Å². The highest BCUT2D eigenvalue weighted by atomic mass is 32.2. The number of ether oxygens (including phenoxy) is 1. The zero-order valence-electron chi connectivity index (χ0n) is 14.3. The Morgan fingerprint density at radius 1 is 1.04 bits per heavy atom. The first-order valence-corrected chi connectivity index (χ1v) is 10.2. The highest BCUT2D eigenvalue weighted by molar-refractivity contribution is 7.89. The summed E-state index contributed by atoms with van der Waals surface area (Å²) in [6, 6.07) is 6.88. The molecule has 0 saturated carbocycles. The quantitative estimate of drug-likeness (QED) is 0.797. The fraction of sp³-hybridized carbons (Fsp3) is 0.588. The van der Waals surface area contributed by atoms with Gasteiger partial charge in [0.15, 0.2) is 0 Å². The summed E-state index contributed by atoms with van der Waals surface area (Å²) in [4.78, 5) is 14.4. The van der Waals surface area contributed by atoms with Gasteiger partial charge < -0.3 is 15.0 Å². The molecule has 0 atom stereocenters. The zero-order valence-corrected chi connectivity index (χ0v) is 15.1. The number of morpholine rings is 1. The van der Waals surface area contributed by atoms with Crippen LogP contribution in [0.3, 0.4) is 0 Å². The molecule has 1 N–H and O–H groups in total. The molecule has 2 aliphatic rings. The van der Waals surface area contributed by atoms with Crippen molar-refractivity contribution < 1.29 is 17.9 Å². The van der Waals surface area contributed by atoms with Crippen LogP contribution >= 0.6 is 0 Å². The average Bonchev–Trinajstić information content (AvgIpc) is 2.68. The standard InChI is InChI=1S/C17H25N3O4S/c21-17(19-9-7-18-8-10-19)6-3-15-1-4-16(5-2-15)25(22,23)20-11-13-24-14-12-20/h1-2,4-5,18H,3,6-14H2. The Bertz CT molecular complexity index is 678. The smallest absolute Gasteiger partial charge is 0.243 e. The second kappa shape index (κ2) is 8.27. The minimum absolute atomic E-state index is 0.159. The predicted octanol–water partition coefficient (Wildman–Crippen LogP) is 0.0719. The molecule has 0 aromatic heterocycles. The summed E-state index contributed by atoms with van der Waals surface area (Å²) in [6.45, 7) is 4.87. The number of piperazine rings is 1. The number of carbonyl (C=O) groups is 1. The van der Waals surface area contributed by atoms with E-state index in [4.69, 9.17) is 4.74 Å². The molecule has 1 aromatic rings. The maximum atomic E-state index is 12.6. The van der Waals surface area contributed by atoms with Crippen molar-refractivity contribution >= 4 is 15.9 Å². The number of hydrogen-bond donors (Lipinski definition) is 1. The molecule has 138 valence electrons. The molecule has 2 heterocycles. The van der Waals surface area contributed by atoms with E-state index in [0.717, 1.165) is 31.7 Å². The maximum absolute atomic E-state index is 12.6. The van der Waals surface area contributed by atoms with Gasteiger partial charge in [-0.1, -0.05) is 12.1 Å². The van der Waals surface area contributed by atoms with Crippen LogP contribution in [0.4, 0.5) is 0 Å². The van der Waals surface area contributed by atoms with E-state index in [9.17, 15) is 13.2 Å². The van der Waals surface area contributed by atoms with Crippen molar-refractivity contribution in [3.05, 3.63) is 29.8 Å². The van der Waals surface area contributed by atoms with Gasteiger partial charge in [0.05, 0.1) is 18.1 Å². The van der Waals surface area contributed by atoms with E-state index in [2.05, 4.69) is 5.32 Å². The van der Waals surface area contributed by atoms with Crippen molar-refractivity contribution in [3.8, 4) is 0 Å². The van der Waals surface area contributed by atoms with Gasteiger partial charge in [0.25, 0.3) is 0 Å². The lowest BCUT2D eigenvalue weighted by Crippen LogP contribution is -2.46. The number of rotatable bonds is 5. The third-order valence-corrected chi connectivity index (χ3v) is 6.54. The first-order valence-electron chi connectivity index (χ1n) is 8.73. The van der Waals surface area contributed by atoms with Crippen molar-refractivity contribution in [1.29, 1.82) is 0 Å². The Kier molecular flexibility index (Phi) is 6.06. The zero-order chi connectivity index (χ0) is 17.7. The molecule has 25 heavy (non-hydrogen) atoms. The SMILES string of the molecule is O=C(CCc1ccc(S(=O)(=O)N2CCOCC2)cc1)N1CCNCC1. The van der Waals surface area contributed by atoms with Crippen molar-refractivity contribution in [3.63, 3.8) is 0 Å². The monoisotopic (exact) mass is 367 g/mol.